The first-order valence-corrected chi connectivity index (χ1v) is 9.91. The number of anilines is 5. The zero-order valence-electron chi connectivity index (χ0n) is 17.7. The van der Waals surface area contributed by atoms with Gasteiger partial charge in [-0.25, -0.2) is 4.98 Å². The van der Waals surface area contributed by atoms with Crippen LogP contribution in [0.25, 0.3) is 10.9 Å². The first kappa shape index (κ1) is 22.0. The Morgan fingerprint density at radius 3 is 2.48 bits per heavy atom. The summed E-state index contributed by atoms with van der Waals surface area (Å²) in [7, 11) is 0. The number of hydrogen-bond donors (Lipinski definition) is 3. The zero-order chi connectivity index (χ0) is 23.6. The number of rotatable bonds is 5. The van der Waals surface area contributed by atoms with E-state index in [1.807, 2.05) is 31.2 Å². The van der Waals surface area contributed by atoms with Crippen molar-refractivity contribution in [3.63, 3.8) is 0 Å². The molecule has 0 aliphatic carbocycles. The van der Waals surface area contributed by atoms with E-state index in [2.05, 4.69) is 30.9 Å². The number of nitrogens with one attached hydrogen (secondary N) is 3. The highest BCUT2D eigenvalue weighted by Gasteiger charge is 2.35. The lowest BCUT2D eigenvalue weighted by Gasteiger charge is -2.17. The molecule has 0 spiro atoms. The van der Waals surface area contributed by atoms with Gasteiger partial charge in [0.2, 0.25) is 11.9 Å². The van der Waals surface area contributed by atoms with E-state index in [0.29, 0.717) is 23.1 Å². The van der Waals surface area contributed by atoms with Crippen molar-refractivity contribution in [2.75, 3.05) is 16.0 Å². The molecule has 2 aromatic heterocycles. The Hall–Kier alpha value is -4.21. The van der Waals surface area contributed by atoms with Gasteiger partial charge in [-0.1, -0.05) is 24.3 Å². The molecule has 0 saturated heterocycles. The number of benzene rings is 2. The minimum Gasteiger partial charge on any atom is -0.338 e. The van der Waals surface area contributed by atoms with Crippen molar-refractivity contribution < 1.29 is 18.0 Å². The molecule has 0 unspecified atom stereocenters. The molecule has 0 bridgehead atoms. The third kappa shape index (κ3) is 5.00. The lowest BCUT2D eigenvalue weighted by atomic mass is 10.1. The smallest absolute Gasteiger partial charge is 0.338 e. The number of para-hydroxylation sites is 1. The maximum atomic E-state index is 13.7. The number of alkyl halides is 3. The van der Waals surface area contributed by atoms with Crippen LogP contribution in [0.5, 0.6) is 0 Å². The maximum Gasteiger partial charge on any atom is 0.421 e. The average molecular weight is 452 g/mol. The van der Waals surface area contributed by atoms with Crippen molar-refractivity contribution in [1.82, 2.24) is 15.0 Å². The summed E-state index contributed by atoms with van der Waals surface area (Å²) in [5.74, 6) is -0.835. The van der Waals surface area contributed by atoms with Gasteiger partial charge in [0.15, 0.2) is 0 Å². The first-order valence-electron chi connectivity index (χ1n) is 9.91. The first-order chi connectivity index (χ1) is 15.7. The van der Waals surface area contributed by atoms with Crippen LogP contribution < -0.4 is 16.0 Å². The Balaban J connectivity index is 1.75. The van der Waals surface area contributed by atoms with Gasteiger partial charge in [-0.05, 0) is 36.8 Å². The molecule has 0 atom stereocenters. The lowest BCUT2D eigenvalue weighted by molar-refractivity contribution is -0.137. The van der Waals surface area contributed by atoms with Crippen LogP contribution in [0.3, 0.4) is 0 Å². The van der Waals surface area contributed by atoms with E-state index < -0.39 is 17.6 Å². The number of hydrogen-bond acceptors (Lipinski definition) is 6. The normalized spacial score (nSPS) is 11.3. The Bertz CT molecular complexity index is 1330. The van der Waals surface area contributed by atoms with Crippen LogP contribution in [0.15, 0.2) is 60.9 Å². The standard InChI is InChI=1S/C23H19F3N6O/c1-13-7-8-19(20(11-13)29-14(2)33)30-21-16(23(24,25)26)12-28-22(32-21)31-18-9-10-27-17-6-4-3-5-15(17)18/h3-12H,1-2H3,(H,29,33)(H2,27,28,30,31,32). The van der Waals surface area contributed by atoms with Crippen molar-refractivity contribution >= 4 is 45.6 Å². The fourth-order valence-electron chi connectivity index (χ4n) is 3.26. The van der Waals surface area contributed by atoms with Gasteiger partial charge in [0.25, 0.3) is 0 Å². The molecule has 1 amide bonds. The van der Waals surface area contributed by atoms with Gasteiger partial charge in [-0.3, -0.25) is 9.78 Å². The summed E-state index contributed by atoms with van der Waals surface area (Å²) in [6.07, 6.45) is -2.39. The molecule has 4 rings (SSSR count). The Kier molecular flexibility index (Phi) is 5.82. The molecule has 2 heterocycles. The second-order valence-electron chi connectivity index (χ2n) is 7.31. The van der Waals surface area contributed by atoms with Crippen LogP contribution in [0.2, 0.25) is 0 Å². The van der Waals surface area contributed by atoms with Crippen molar-refractivity contribution in [2.45, 2.75) is 20.0 Å². The predicted octanol–water partition coefficient (Wildman–Crippen LogP) is 5.80. The monoisotopic (exact) mass is 452 g/mol. The summed E-state index contributed by atoms with van der Waals surface area (Å²) in [5.41, 5.74) is 1.70. The van der Waals surface area contributed by atoms with Crippen molar-refractivity contribution in [1.29, 1.82) is 0 Å². The van der Waals surface area contributed by atoms with Crippen LogP contribution in [0.4, 0.5) is 42.0 Å². The molecule has 7 nitrogen and oxygen atoms in total. The highest BCUT2D eigenvalue weighted by molar-refractivity contribution is 5.94. The molecule has 0 saturated carbocycles. The van der Waals surface area contributed by atoms with Crippen LogP contribution in [-0.2, 0) is 11.0 Å². The number of carbonyl (C=O) groups is 1. The van der Waals surface area contributed by atoms with E-state index in [9.17, 15) is 18.0 Å². The maximum absolute atomic E-state index is 13.7. The number of halogens is 3. The molecular weight excluding hydrogens is 433 g/mol. The third-order valence-corrected chi connectivity index (χ3v) is 4.73. The fraction of sp³-hybridized carbons (Fsp3) is 0.130. The van der Waals surface area contributed by atoms with Crippen LogP contribution in [0, 0.1) is 6.92 Å². The summed E-state index contributed by atoms with van der Waals surface area (Å²) in [5, 5.41) is 9.06. The fourth-order valence-corrected chi connectivity index (χ4v) is 3.26. The van der Waals surface area contributed by atoms with E-state index in [1.165, 1.54) is 6.92 Å². The molecule has 0 radical (unpaired) electrons. The van der Waals surface area contributed by atoms with E-state index in [4.69, 9.17) is 0 Å². The number of aryl methyl sites for hydroxylation is 1. The Morgan fingerprint density at radius 1 is 0.939 bits per heavy atom. The van der Waals surface area contributed by atoms with Crippen LogP contribution in [0.1, 0.15) is 18.1 Å². The minimum absolute atomic E-state index is 0.0324. The van der Waals surface area contributed by atoms with E-state index in [0.717, 1.165) is 10.9 Å². The van der Waals surface area contributed by atoms with Gasteiger partial charge >= 0.3 is 6.18 Å². The topological polar surface area (TPSA) is 91.8 Å². The van der Waals surface area contributed by atoms with E-state index >= 15 is 0 Å². The highest BCUT2D eigenvalue weighted by atomic mass is 19.4. The second-order valence-corrected chi connectivity index (χ2v) is 7.31. The summed E-state index contributed by atoms with van der Waals surface area (Å²) in [6.45, 7) is 3.13. The Morgan fingerprint density at radius 2 is 1.73 bits per heavy atom. The van der Waals surface area contributed by atoms with Crippen LogP contribution in [-0.4, -0.2) is 20.9 Å². The summed E-state index contributed by atoms with van der Waals surface area (Å²) >= 11 is 0. The second kappa shape index (κ2) is 8.73. The molecular formula is C23H19F3N6O. The number of carbonyl (C=O) groups excluding carboxylic acids is 1. The summed E-state index contributed by atoms with van der Waals surface area (Å²) in [4.78, 5) is 23.8. The number of fused-ring (bicyclic) bond motifs is 1. The minimum atomic E-state index is -4.69. The molecule has 10 heteroatoms. The quantitative estimate of drug-likeness (QED) is 0.355. The van der Waals surface area contributed by atoms with Gasteiger partial charge in [0, 0.05) is 24.7 Å². The molecule has 3 N–H and O–H groups in total. The average Bonchev–Trinajstić information content (AvgIpc) is 2.75. The van der Waals surface area contributed by atoms with Crippen molar-refractivity contribution in [3.8, 4) is 0 Å². The number of nitrogens with zero attached hydrogens (tertiary/aromatic N) is 3. The van der Waals surface area contributed by atoms with Crippen molar-refractivity contribution in [3.05, 3.63) is 72.1 Å². The van der Waals surface area contributed by atoms with Gasteiger partial charge < -0.3 is 16.0 Å². The largest absolute Gasteiger partial charge is 0.421 e. The number of pyridine rings is 1. The van der Waals surface area contributed by atoms with Crippen molar-refractivity contribution in [2.24, 2.45) is 0 Å². The number of aromatic nitrogens is 3. The van der Waals surface area contributed by atoms with Gasteiger partial charge in [-0.2, -0.15) is 18.2 Å². The molecule has 33 heavy (non-hydrogen) atoms. The highest BCUT2D eigenvalue weighted by Crippen LogP contribution is 2.37. The summed E-state index contributed by atoms with van der Waals surface area (Å²) in [6, 6.07) is 13.9. The van der Waals surface area contributed by atoms with Gasteiger partial charge in [0.1, 0.15) is 11.4 Å². The molecule has 0 aliphatic rings. The van der Waals surface area contributed by atoms with Gasteiger partial charge in [0.05, 0.1) is 22.6 Å². The molecule has 0 fully saturated rings. The predicted molar refractivity (Wildman–Crippen MR) is 121 cm³/mol. The van der Waals surface area contributed by atoms with E-state index in [1.54, 1.807) is 30.5 Å². The molecule has 168 valence electrons. The van der Waals surface area contributed by atoms with Gasteiger partial charge in [-0.15, -0.1) is 0 Å². The Labute approximate surface area is 187 Å². The van der Waals surface area contributed by atoms with Crippen LogP contribution >= 0.6 is 0 Å². The molecule has 2 aromatic carbocycles. The van der Waals surface area contributed by atoms with E-state index in [-0.39, 0.29) is 17.5 Å². The SMILES string of the molecule is CC(=O)Nc1cc(C)ccc1Nc1nc(Nc2ccnc3ccccc23)ncc1C(F)(F)F. The lowest BCUT2D eigenvalue weighted by Crippen LogP contribution is -2.14. The zero-order valence-corrected chi connectivity index (χ0v) is 17.7. The molecule has 4 aromatic rings. The summed E-state index contributed by atoms with van der Waals surface area (Å²) < 4.78 is 41.0. The third-order valence-electron chi connectivity index (χ3n) is 4.73. The molecule has 0 aliphatic heterocycles. The number of amides is 1.